The average molecular weight is 245 g/mol. The van der Waals surface area contributed by atoms with Gasteiger partial charge < -0.3 is 14.6 Å². The summed E-state index contributed by atoms with van der Waals surface area (Å²) in [5.74, 6) is 1.25. The van der Waals surface area contributed by atoms with Gasteiger partial charge in [0.1, 0.15) is 5.75 Å². The first-order chi connectivity index (χ1) is 8.80. The molecule has 0 unspecified atom stereocenters. The maximum atomic E-state index is 9.19. The van der Waals surface area contributed by atoms with Crippen LogP contribution in [0.15, 0.2) is 36.5 Å². The summed E-state index contributed by atoms with van der Waals surface area (Å²) in [6.45, 7) is -0.0564. The number of hydrogen-bond donors (Lipinski definition) is 1. The van der Waals surface area contributed by atoms with Crippen LogP contribution in [0.4, 0.5) is 0 Å². The number of pyridine rings is 1. The topological polar surface area (TPSA) is 51.6 Å². The number of methoxy groups -OCH3 is 2. The Bertz CT molecular complexity index is 540. The average Bonchev–Trinajstić information content (AvgIpc) is 2.46. The molecule has 4 nitrogen and oxygen atoms in total. The molecule has 0 saturated carbocycles. The number of hydrogen-bond acceptors (Lipinski definition) is 4. The quantitative estimate of drug-likeness (QED) is 0.897. The summed E-state index contributed by atoms with van der Waals surface area (Å²) in [5, 5.41) is 9.19. The molecule has 1 aromatic carbocycles. The van der Waals surface area contributed by atoms with Gasteiger partial charge in [-0.1, -0.05) is 18.2 Å². The standard InChI is InChI=1S/C14H15NO3/c1-17-13-6-4-3-5-11(13)12-7-10(9-16)8-15-14(12)18-2/h3-8,16H,9H2,1-2H3. The van der Waals surface area contributed by atoms with Crippen molar-refractivity contribution in [2.45, 2.75) is 6.61 Å². The van der Waals surface area contributed by atoms with E-state index in [4.69, 9.17) is 9.47 Å². The van der Waals surface area contributed by atoms with Gasteiger partial charge in [-0.3, -0.25) is 0 Å². The number of aliphatic hydroxyl groups excluding tert-OH is 1. The van der Waals surface area contributed by atoms with Crippen LogP contribution in [0.3, 0.4) is 0 Å². The number of aromatic nitrogens is 1. The lowest BCUT2D eigenvalue weighted by Gasteiger charge is -2.12. The zero-order valence-electron chi connectivity index (χ0n) is 10.4. The molecular weight excluding hydrogens is 230 g/mol. The largest absolute Gasteiger partial charge is 0.496 e. The van der Waals surface area contributed by atoms with E-state index in [2.05, 4.69) is 4.98 Å². The minimum absolute atomic E-state index is 0.0564. The number of para-hydroxylation sites is 1. The van der Waals surface area contributed by atoms with Crippen LogP contribution in [0.25, 0.3) is 11.1 Å². The summed E-state index contributed by atoms with van der Waals surface area (Å²) >= 11 is 0. The second-order valence-electron chi connectivity index (χ2n) is 3.76. The maximum absolute atomic E-state index is 9.19. The van der Waals surface area contributed by atoms with Crippen LogP contribution < -0.4 is 9.47 Å². The molecule has 0 atom stereocenters. The van der Waals surface area contributed by atoms with Crippen molar-refractivity contribution in [3.63, 3.8) is 0 Å². The lowest BCUT2D eigenvalue weighted by atomic mass is 10.0. The molecule has 0 radical (unpaired) electrons. The summed E-state index contributed by atoms with van der Waals surface area (Å²) < 4.78 is 10.6. The molecule has 94 valence electrons. The number of rotatable bonds is 4. The summed E-state index contributed by atoms with van der Waals surface area (Å²) in [6.07, 6.45) is 1.59. The van der Waals surface area contributed by atoms with Crippen LogP contribution in [-0.2, 0) is 6.61 Å². The number of nitrogens with zero attached hydrogens (tertiary/aromatic N) is 1. The minimum Gasteiger partial charge on any atom is -0.496 e. The molecule has 0 fully saturated rings. The molecule has 1 aromatic heterocycles. The third-order valence-electron chi connectivity index (χ3n) is 2.68. The van der Waals surface area contributed by atoms with E-state index in [1.807, 2.05) is 30.3 Å². The van der Waals surface area contributed by atoms with Gasteiger partial charge in [-0.25, -0.2) is 4.98 Å². The van der Waals surface area contributed by atoms with Gasteiger partial charge in [0.15, 0.2) is 0 Å². The highest BCUT2D eigenvalue weighted by atomic mass is 16.5. The highest BCUT2D eigenvalue weighted by Crippen LogP contribution is 2.35. The number of aliphatic hydroxyl groups is 1. The Morgan fingerprint density at radius 3 is 2.56 bits per heavy atom. The Kier molecular flexibility index (Phi) is 3.79. The van der Waals surface area contributed by atoms with E-state index < -0.39 is 0 Å². The maximum Gasteiger partial charge on any atom is 0.221 e. The monoisotopic (exact) mass is 245 g/mol. The van der Waals surface area contributed by atoms with Crippen molar-refractivity contribution >= 4 is 0 Å². The number of ether oxygens (including phenoxy) is 2. The lowest BCUT2D eigenvalue weighted by Crippen LogP contribution is -1.96. The molecule has 0 bridgehead atoms. The van der Waals surface area contributed by atoms with Crippen molar-refractivity contribution < 1.29 is 14.6 Å². The molecule has 2 aromatic rings. The first kappa shape index (κ1) is 12.4. The lowest BCUT2D eigenvalue weighted by molar-refractivity contribution is 0.281. The molecule has 18 heavy (non-hydrogen) atoms. The highest BCUT2D eigenvalue weighted by Gasteiger charge is 2.12. The molecule has 0 amide bonds. The van der Waals surface area contributed by atoms with Crippen LogP contribution >= 0.6 is 0 Å². The van der Waals surface area contributed by atoms with Crippen LogP contribution in [0.1, 0.15) is 5.56 Å². The third kappa shape index (κ3) is 2.28. The molecule has 1 heterocycles. The Hall–Kier alpha value is -2.07. The minimum atomic E-state index is -0.0564. The summed E-state index contributed by atoms with van der Waals surface area (Å²) in [7, 11) is 3.19. The van der Waals surface area contributed by atoms with Gasteiger partial charge in [-0.05, 0) is 17.7 Å². The Balaban J connectivity index is 2.60. The zero-order valence-corrected chi connectivity index (χ0v) is 10.4. The van der Waals surface area contributed by atoms with Crippen LogP contribution in [-0.4, -0.2) is 24.3 Å². The van der Waals surface area contributed by atoms with Crippen molar-refractivity contribution in [3.05, 3.63) is 42.1 Å². The van der Waals surface area contributed by atoms with E-state index in [9.17, 15) is 5.11 Å². The van der Waals surface area contributed by atoms with Gasteiger partial charge in [0, 0.05) is 17.3 Å². The molecule has 0 saturated heterocycles. The van der Waals surface area contributed by atoms with Crippen molar-refractivity contribution in [3.8, 4) is 22.8 Å². The molecule has 0 aliphatic rings. The SMILES string of the molecule is COc1ccccc1-c1cc(CO)cnc1OC. The summed E-state index contributed by atoms with van der Waals surface area (Å²) in [4.78, 5) is 4.18. The van der Waals surface area contributed by atoms with Crippen LogP contribution in [0.5, 0.6) is 11.6 Å². The molecular formula is C14H15NO3. The van der Waals surface area contributed by atoms with E-state index in [1.54, 1.807) is 20.4 Å². The van der Waals surface area contributed by atoms with Crippen LogP contribution in [0, 0.1) is 0 Å². The van der Waals surface area contributed by atoms with E-state index in [-0.39, 0.29) is 6.61 Å². The Morgan fingerprint density at radius 2 is 1.89 bits per heavy atom. The highest BCUT2D eigenvalue weighted by molar-refractivity contribution is 5.74. The van der Waals surface area contributed by atoms with Gasteiger partial charge in [-0.15, -0.1) is 0 Å². The van der Waals surface area contributed by atoms with Gasteiger partial charge in [0.05, 0.1) is 20.8 Å². The fourth-order valence-corrected chi connectivity index (χ4v) is 1.80. The van der Waals surface area contributed by atoms with Crippen molar-refractivity contribution in [2.24, 2.45) is 0 Å². The molecule has 2 rings (SSSR count). The summed E-state index contributed by atoms with van der Waals surface area (Å²) in [6, 6.07) is 9.48. The smallest absolute Gasteiger partial charge is 0.221 e. The molecule has 0 aliphatic carbocycles. The number of benzene rings is 1. The van der Waals surface area contributed by atoms with Gasteiger partial charge in [0.2, 0.25) is 5.88 Å². The van der Waals surface area contributed by atoms with Crippen LogP contribution in [0.2, 0.25) is 0 Å². The molecule has 4 heteroatoms. The molecule has 0 aliphatic heterocycles. The predicted octanol–water partition coefficient (Wildman–Crippen LogP) is 2.26. The second-order valence-corrected chi connectivity index (χ2v) is 3.76. The van der Waals surface area contributed by atoms with Gasteiger partial charge in [-0.2, -0.15) is 0 Å². The van der Waals surface area contributed by atoms with Crippen molar-refractivity contribution in [1.29, 1.82) is 0 Å². The van der Waals surface area contributed by atoms with Gasteiger partial charge in [0.25, 0.3) is 0 Å². The third-order valence-corrected chi connectivity index (χ3v) is 2.68. The second kappa shape index (κ2) is 5.51. The van der Waals surface area contributed by atoms with Gasteiger partial charge >= 0.3 is 0 Å². The molecule has 0 spiro atoms. The van der Waals surface area contributed by atoms with Crippen molar-refractivity contribution in [2.75, 3.05) is 14.2 Å². The zero-order chi connectivity index (χ0) is 13.0. The first-order valence-corrected chi connectivity index (χ1v) is 5.57. The normalized spacial score (nSPS) is 10.2. The Morgan fingerprint density at radius 1 is 1.11 bits per heavy atom. The summed E-state index contributed by atoms with van der Waals surface area (Å²) in [5.41, 5.74) is 2.43. The first-order valence-electron chi connectivity index (χ1n) is 5.57. The fraction of sp³-hybridized carbons (Fsp3) is 0.214. The fourth-order valence-electron chi connectivity index (χ4n) is 1.80. The molecule has 1 N–H and O–H groups in total. The van der Waals surface area contributed by atoms with E-state index >= 15 is 0 Å². The Labute approximate surface area is 106 Å². The van der Waals surface area contributed by atoms with Crippen molar-refractivity contribution in [1.82, 2.24) is 4.98 Å². The van der Waals surface area contributed by atoms with E-state index in [0.29, 0.717) is 5.88 Å². The van der Waals surface area contributed by atoms with E-state index in [1.165, 1.54) is 0 Å². The van der Waals surface area contributed by atoms with E-state index in [0.717, 1.165) is 22.4 Å². The predicted molar refractivity (Wildman–Crippen MR) is 68.7 cm³/mol.